The van der Waals surface area contributed by atoms with Crippen LogP contribution in [0.5, 0.6) is 0 Å². The molecule has 0 unspecified atom stereocenters. The van der Waals surface area contributed by atoms with Gasteiger partial charge >= 0.3 is 0 Å². The van der Waals surface area contributed by atoms with Crippen LogP contribution in [-0.4, -0.2) is 59.1 Å². The molecule has 0 radical (unpaired) electrons. The number of aryl methyl sites for hydroxylation is 1. The van der Waals surface area contributed by atoms with Gasteiger partial charge in [0.25, 0.3) is 5.91 Å². The minimum atomic E-state index is -0.0796. The Kier molecular flexibility index (Phi) is 5.79. The van der Waals surface area contributed by atoms with E-state index in [2.05, 4.69) is 14.9 Å². The lowest BCUT2D eigenvalue weighted by molar-refractivity contribution is -0.136. The van der Waals surface area contributed by atoms with Crippen LogP contribution in [0, 0.1) is 6.92 Å². The number of fused-ring (bicyclic) bond motifs is 1. The van der Waals surface area contributed by atoms with Gasteiger partial charge in [-0.25, -0.2) is 4.98 Å². The van der Waals surface area contributed by atoms with Crippen LogP contribution in [0.15, 0.2) is 18.2 Å². The Morgan fingerprint density at radius 1 is 1.30 bits per heavy atom. The second-order valence-electron chi connectivity index (χ2n) is 7.41. The molecule has 0 bridgehead atoms. The maximum Gasteiger partial charge on any atom is 0.251 e. The zero-order valence-corrected chi connectivity index (χ0v) is 16.5. The largest absolute Gasteiger partial charge is 0.375 e. The van der Waals surface area contributed by atoms with Crippen LogP contribution in [0.25, 0.3) is 11.0 Å². The molecule has 1 saturated heterocycles. The number of carbonyl (C=O) groups is 2. The van der Waals surface area contributed by atoms with Gasteiger partial charge in [-0.05, 0) is 51.8 Å². The molecule has 7 heteroatoms. The monoisotopic (exact) mass is 372 g/mol. The van der Waals surface area contributed by atoms with Crippen LogP contribution in [0.3, 0.4) is 0 Å². The molecular formula is C20H28N4O3. The molecule has 1 aliphatic rings. The van der Waals surface area contributed by atoms with Crippen LogP contribution in [-0.2, 0) is 9.53 Å². The summed E-state index contributed by atoms with van der Waals surface area (Å²) in [5, 5.41) is 2.91. The number of nitrogens with one attached hydrogen (secondary N) is 1. The average molecular weight is 372 g/mol. The molecule has 0 saturated carbocycles. The third kappa shape index (κ3) is 4.13. The van der Waals surface area contributed by atoms with Crippen molar-refractivity contribution in [1.82, 2.24) is 19.8 Å². The molecule has 1 aromatic carbocycles. The highest BCUT2D eigenvalue weighted by atomic mass is 16.5. The average Bonchev–Trinajstić information content (AvgIpc) is 2.96. The summed E-state index contributed by atoms with van der Waals surface area (Å²) >= 11 is 0. The number of likely N-dealkylation sites (tertiary alicyclic amines) is 1. The summed E-state index contributed by atoms with van der Waals surface area (Å²) in [6.45, 7) is 7.47. The van der Waals surface area contributed by atoms with E-state index < -0.39 is 0 Å². The van der Waals surface area contributed by atoms with Crippen LogP contribution in [0.4, 0.5) is 0 Å². The number of imidazole rings is 1. The van der Waals surface area contributed by atoms with E-state index in [1.165, 1.54) is 0 Å². The van der Waals surface area contributed by atoms with Gasteiger partial charge in [0, 0.05) is 37.8 Å². The molecule has 1 aromatic heterocycles. The first-order chi connectivity index (χ1) is 12.9. The van der Waals surface area contributed by atoms with E-state index in [1.54, 1.807) is 7.11 Å². The number of ether oxygens (including phenoxy) is 1. The Hall–Kier alpha value is -2.41. The first kappa shape index (κ1) is 19.4. The third-order valence-electron chi connectivity index (χ3n) is 5.00. The summed E-state index contributed by atoms with van der Waals surface area (Å²) < 4.78 is 7.20. The summed E-state index contributed by atoms with van der Waals surface area (Å²) in [5.74, 6) is 0.904. The number of hydrogen-bond acceptors (Lipinski definition) is 4. The van der Waals surface area contributed by atoms with Crippen molar-refractivity contribution in [3.63, 3.8) is 0 Å². The summed E-state index contributed by atoms with van der Waals surface area (Å²) in [4.78, 5) is 30.8. The highest BCUT2D eigenvalue weighted by molar-refractivity contribution is 5.97. The maximum absolute atomic E-state index is 12.3. The number of aromatic nitrogens is 2. The molecule has 1 aliphatic heterocycles. The van der Waals surface area contributed by atoms with Crippen molar-refractivity contribution in [2.45, 2.75) is 45.7 Å². The van der Waals surface area contributed by atoms with Crippen molar-refractivity contribution >= 4 is 22.8 Å². The van der Waals surface area contributed by atoms with Crippen molar-refractivity contribution in [1.29, 1.82) is 0 Å². The normalized spacial score (nSPS) is 15.5. The minimum Gasteiger partial charge on any atom is -0.375 e. The molecule has 2 heterocycles. The van der Waals surface area contributed by atoms with Gasteiger partial charge < -0.3 is 19.5 Å². The molecule has 2 amide bonds. The van der Waals surface area contributed by atoms with E-state index in [9.17, 15) is 9.59 Å². The molecule has 0 atom stereocenters. The Labute approximate surface area is 159 Å². The number of amides is 2. The maximum atomic E-state index is 12.3. The summed E-state index contributed by atoms with van der Waals surface area (Å²) in [5.41, 5.74) is 2.50. The van der Waals surface area contributed by atoms with Gasteiger partial charge in [-0.15, -0.1) is 0 Å². The second-order valence-corrected chi connectivity index (χ2v) is 7.41. The van der Waals surface area contributed by atoms with E-state index >= 15 is 0 Å². The van der Waals surface area contributed by atoms with Crippen LogP contribution >= 0.6 is 0 Å². The predicted molar refractivity (Wildman–Crippen MR) is 104 cm³/mol. The fraction of sp³-hybridized carbons (Fsp3) is 0.550. The Morgan fingerprint density at radius 2 is 2.00 bits per heavy atom. The first-order valence-electron chi connectivity index (χ1n) is 9.47. The lowest BCUT2D eigenvalue weighted by atomic mass is 10.0. The van der Waals surface area contributed by atoms with E-state index in [0.717, 1.165) is 42.8 Å². The van der Waals surface area contributed by atoms with Crippen molar-refractivity contribution in [2.24, 2.45) is 0 Å². The number of rotatable bonds is 5. The van der Waals surface area contributed by atoms with Gasteiger partial charge in [0.15, 0.2) is 0 Å². The minimum absolute atomic E-state index is 0.0453. The van der Waals surface area contributed by atoms with Gasteiger partial charge in [0.05, 0.1) is 11.0 Å². The Balaban J connectivity index is 1.79. The number of benzene rings is 1. The predicted octanol–water partition coefficient (Wildman–Crippen LogP) is 2.29. The standard InChI is InChI=1S/C20H28N4O3/c1-13(2)21-20(26)15-5-6-18-17(11-15)22-14(3)24(18)16-7-9-23(10-8-16)19(25)12-27-4/h5-6,11,13,16H,7-10,12H2,1-4H3,(H,21,26). The third-order valence-corrected chi connectivity index (χ3v) is 5.00. The van der Waals surface area contributed by atoms with E-state index in [4.69, 9.17) is 4.74 Å². The Bertz CT molecular complexity index is 835. The van der Waals surface area contributed by atoms with Crippen molar-refractivity contribution in [3.05, 3.63) is 29.6 Å². The van der Waals surface area contributed by atoms with Crippen molar-refractivity contribution < 1.29 is 14.3 Å². The molecule has 146 valence electrons. The summed E-state index contributed by atoms with van der Waals surface area (Å²) in [6.07, 6.45) is 1.77. The highest BCUT2D eigenvalue weighted by Gasteiger charge is 2.26. The Morgan fingerprint density at radius 3 is 2.63 bits per heavy atom. The fourth-order valence-corrected chi connectivity index (χ4v) is 3.76. The summed E-state index contributed by atoms with van der Waals surface area (Å²) in [6, 6.07) is 6.09. The lowest BCUT2D eigenvalue weighted by Crippen LogP contribution is -2.40. The van der Waals surface area contributed by atoms with Crippen LogP contribution in [0.2, 0.25) is 0 Å². The van der Waals surface area contributed by atoms with Gasteiger partial charge in [0.1, 0.15) is 12.4 Å². The number of methoxy groups -OCH3 is 1. The number of carbonyl (C=O) groups excluding carboxylic acids is 2. The van der Waals surface area contributed by atoms with E-state index in [1.807, 2.05) is 43.9 Å². The topological polar surface area (TPSA) is 76.5 Å². The molecular weight excluding hydrogens is 344 g/mol. The fourth-order valence-electron chi connectivity index (χ4n) is 3.76. The van der Waals surface area contributed by atoms with E-state index in [0.29, 0.717) is 11.6 Å². The molecule has 27 heavy (non-hydrogen) atoms. The summed E-state index contributed by atoms with van der Waals surface area (Å²) in [7, 11) is 1.54. The van der Waals surface area contributed by atoms with Crippen molar-refractivity contribution in [2.75, 3.05) is 26.8 Å². The van der Waals surface area contributed by atoms with Gasteiger partial charge in [-0.3, -0.25) is 9.59 Å². The molecule has 2 aromatic rings. The molecule has 1 N–H and O–H groups in total. The quantitative estimate of drug-likeness (QED) is 0.874. The molecule has 0 spiro atoms. The van der Waals surface area contributed by atoms with Gasteiger partial charge in [-0.1, -0.05) is 0 Å². The first-order valence-corrected chi connectivity index (χ1v) is 9.47. The smallest absolute Gasteiger partial charge is 0.251 e. The van der Waals surface area contributed by atoms with Crippen LogP contribution in [0.1, 0.15) is 48.9 Å². The van der Waals surface area contributed by atoms with Gasteiger partial charge in [-0.2, -0.15) is 0 Å². The lowest BCUT2D eigenvalue weighted by Gasteiger charge is -2.33. The molecule has 7 nitrogen and oxygen atoms in total. The van der Waals surface area contributed by atoms with Crippen LogP contribution < -0.4 is 5.32 Å². The molecule has 1 fully saturated rings. The van der Waals surface area contributed by atoms with E-state index in [-0.39, 0.29) is 24.5 Å². The molecule has 0 aliphatic carbocycles. The molecule has 3 rings (SSSR count). The SMILES string of the molecule is COCC(=O)N1CCC(n2c(C)nc3cc(C(=O)NC(C)C)ccc32)CC1. The zero-order chi connectivity index (χ0) is 19.6. The van der Waals surface area contributed by atoms with Crippen molar-refractivity contribution in [3.8, 4) is 0 Å². The number of piperidine rings is 1. The highest BCUT2D eigenvalue weighted by Crippen LogP contribution is 2.29. The number of hydrogen-bond donors (Lipinski definition) is 1. The number of nitrogens with zero attached hydrogens (tertiary/aromatic N) is 3. The zero-order valence-electron chi connectivity index (χ0n) is 16.5. The second kappa shape index (κ2) is 8.08. The van der Waals surface area contributed by atoms with Gasteiger partial charge in [0.2, 0.25) is 5.91 Å².